The van der Waals surface area contributed by atoms with Crippen LogP contribution in [0, 0.1) is 0 Å². The van der Waals surface area contributed by atoms with Gasteiger partial charge in [-0.1, -0.05) is 0 Å². The molecule has 6 atom stereocenters. The molecule has 1 unspecified atom stereocenters. The predicted octanol–water partition coefficient (Wildman–Crippen LogP) is -3.83. The van der Waals surface area contributed by atoms with E-state index in [0.29, 0.717) is 0 Å². The van der Waals surface area contributed by atoms with E-state index in [9.17, 15) is 30.0 Å². The Kier molecular flexibility index (Phi) is 5.80. The number of esters is 1. The summed E-state index contributed by atoms with van der Waals surface area (Å²) in [7, 11) is 0. The van der Waals surface area contributed by atoms with E-state index >= 15 is 0 Å². The number of aliphatic hydroxyl groups excluding tert-OH is 5. The maximum atomic E-state index is 11.3. The van der Waals surface area contributed by atoms with E-state index in [-0.39, 0.29) is 0 Å². The monoisotopic (exact) mass is 296 g/mol. The van der Waals surface area contributed by atoms with Gasteiger partial charge in [0.25, 0.3) is 0 Å². The van der Waals surface area contributed by atoms with Gasteiger partial charge in [0, 0.05) is 0 Å². The quantitative estimate of drug-likeness (QED) is 0.276. The molecule has 0 saturated carbocycles. The molecule has 0 aromatic heterocycles. The van der Waals surface area contributed by atoms with Gasteiger partial charge < -0.3 is 40.1 Å². The van der Waals surface area contributed by atoms with Crippen LogP contribution in [0.15, 0.2) is 0 Å². The van der Waals surface area contributed by atoms with E-state index in [1.165, 1.54) is 0 Å². The SMILES string of the molecule is O=C(O)CC(O)C(=O)O[C@H]1O[C@H](CO)[C@H](O)[C@H](O)[C@H]1O. The molecule has 0 bridgehead atoms. The van der Waals surface area contributed by atoms with Crippen LogP contribution in [0.5, 0.6) is 0 Å². The van der Waals surface area contributed by atoms with Gasteiger partial charge in [-0.3, -0.25) is 4.79 Å². The molecule has 0 spiro atoms. The van der Waals surface area contributed by atoms with Gasteiger partial charge in [0.1, 0.15) is 24.4 Å². The van der Waals surface area contributed by atoms with Crippen molar-refractivity contribution in [2.45, 2.75) is 43.2 Å². The molecule has 1 heterocycles. The van der Waals surface area contributed by atoms with E-state index in [1.807, 2.05) is 0 Å². The minimum absolute atomic E-state index is 0.712. The number of carboxylic acid groups (broad SMARTS) is 1. The molecule has 0 radical (unpaired) electrons. The highest BCUT2D eigenvalue weighted by Crippen LogP contribution is 2.22. The third kappa shape index (κ3) is 3.85. The first-order valence-electron chi connectivity index (χ1n) is 5.68. The largest absolute Gasteiger partial charge is 0.481 e. The Morgan fingerprint density at radius 3 is 2.25 bits per heavy atom. The fourth-order valence-electron chi connectivity index (χ4n) is 1.61. The van der Waals surface area contributed by atoms with Crippen LogP contribution in [-0.2, 0) is 19.1 Å². The van der Waals surface area contributed by atoms with E-state index in [1.54, 1.807) is 0 Å². The first-order chi connectivity index (χ1) is 9.27. The average Bonchev–Trinajstić information content (AvgIpc) is 2.38. The van der Waals surface area contributed by atoms with Crippen LogP contribution in [0.4, 0.5) is 0 Å². The highest BCUT2D eigenvalue weighted by molar-refractivity contribution is 5.80. The van der Waals surface area contributed by atoms with Gasteiger partial charge in [-0.05, 0) is 0 Å². The average molecular weight is 296 g/mol. The fraction of sp³-hybridized carbons (Fsp3) is 0.800. The highest BCUT2D eigenvalue weighted by atomic mass is 16.7. The lowest BCUT2D eigenvalue weighted by atomic mass is 9.99. The molecule has 1 rings (SSSR count). The minimum Gasteiger partial charge on any atom is -0.481 e. The topological polar surface area (TPSA) is 174 Å². The number of aliphatic carboxylic acids is 1. The van der Waals surface area contributed by atoms with Crippen molar-refractivity contribution in [3.05, 3.63) is 0 Å². The zero-order valence-electron chi connectivity index (χ0n) is 10.2. The summed E-state index contributed by atoms with van der Waals surface area (Å²) >= 11 is 0. The predicted molar refractivity (Wildman–Crippen MR) is 58.1 cm³/mol. The number of hydrogen-bond acceptors (Lipinski definition) is 9. The molecule has 20 heavy (non-hydrogen) atoms. The standard InChI is InChI=1S/C10H16O10/c11-2-4-6(15)7(16)8(17)10(19-4)20-9(18)3(12)1-5(13)14/h3-4,6-8,10-12,15-17H,1-2H2,(H,13,14)/t3?,4-,6+,7+,8-,10-/m1/s1. The second-order valence-electron chi connectivity index (χ2n) is 4.25. The maximum absolute atomic E-state index is 11.3. The van der Waals surface area contributed by atoms with Crippen molar-refractivity contribution in [2.75, 3.05) is 6.61 Å². The van der Waals surface area contributed by atoms with Gasteiger partial charge in [0.05, 0.1) is 13.0 Å². The number of ether oxygens (including phenoxy) is 2. The lowest BCUT2D eigenvalue weighted by molar-refractivity contribution is -0.294. The second-order valence-corrected chi connectivity index (χ2v) is 4.25. The van der Waals surface area contributed by atoms with Crippen molar-refractivity contribution in [3.8, 4) is 0 Å². The number of carboxylic acids is 1. The molecule has 1 aliphatic rings. The molecule has 1 fully saturated rings. The van der Waals surface area contributed by atoms with Gasteiger partial charge in [0.2, 0.25) is 6.29 Å². The Morgan fingerprint density at radius 2 is 1.75 bits per heavy atom. The van der Waals surface area contributed by atoms with Crippen LogP contribution >= 0.6 is 0 Å². The summed E-state index contributed by atoms with van der Waals surface area (Å²) in [5.74, 6) is -2.82. The smallest absolute Gasteiger partial charge is 0.337 e. The second kappa shape index (κ2) is 6.92. The van der Waals surface area contributed by atoms with Crippen molar-refractivity contribution in [1.82, 2.24) is 0 Å². The molecule has 0 aliphatic carbocycles. The van der Waals surface area contributed by atoms with E-state index in [0.717, 1.165) is 0 Å². The summed E-state index contributed by atoms with van der Waals surface area (Å²) in [6.45, 7) is -0.712. The summed E-state index contributed by atoms with van der Waals surface area (Å²) < 4.78 is 9.36. The van der Waals surface area contributed by atoms with Crippen LogP contribution in [0.2, 0.25) is 0 Å². The molecule has 0 aromatic rings. The highest BCUT2D eigenvalue weighted by Gasteiger charge is 2.45. The van der Waals surface area contributed by atoms with Crippen molar-refractivity contribution in [2.24, 2.45) is 0 Å². The molecule has 1 saturated heterocycles. The Labute approximate surface area is 112 Å². The summed E-state index contributed by atoms with van der Waals surface area (Å²) in [5, 5.41) is 54.9. The first-order valence-corrected chi connectivity index (χ1v) is 5.68. The summed E-state index contributed by atoms with van der Waals surface area (Å²) in [6, 6.07) is 0. The lowest BCUT2D eigenvalue weighted by Gasteiger charge is -2.39. The van der Waals surface area contributed by atoms with Gasteiger partial charge in [-0.15, -0.1) is 0 Å². The zero-order valence-corrected chi connectivity index (χ0v) is 10.2. The molecule has 0 aromatic carbocycles. The molecular formula is C10H16O10. The van der Waals surface area contributed by atoms with Crippen LogP contribution in [0.3, 0.4) is 0 Å². The van der Waals surface area contributed by atoms with Crippen molar-refractivity contribution >= 4 is 11.9 Å². The van der Waals surface area contributed by atoms with Crippen LogP contribution in [-0.4, -0.2) is 86.0 Å². The number of hydrogen-bond donors (Lipinski definition) is 6. The Balaban J connectivity index is 2.66. The van der Waals surface area contributed by atoms with E-state index in [4.69, 9.17) is 14.9 Å². The molecule has 10 nitrogen and oxygen atoms in total. The van der Waals surface area contributed by atoms with Gasteiger partial charge in [-0.25, -0.2) is 4.79 Å². The van der Waals surface area contributed by atoms with E-state index in [2.05, 4.69) is 4.74 Å². The van der Waals surface area contributed by atoms with Crippen molar-refractivity contribution in [3.63, 3.8) is 0 Å². The molecule has 1 aliphatic heterocycles. The molecule has 116 valence electrons. The normalized spacial score (nSPS) is 35.4. The van der Waals surface area contributed by atoms with Gasteiger partial charge in [0.15, 0.2) is 6.10 Å². The van der Waals surface area contributed by atoms with Crippen molar-refractivity contribution < 1.29 is 49.7 Å². The zero-order chi connectivity index (χ0) is 15.4. The summed E-state index contributed by atoms with van der Waals surface area (Å²) in [4.78, 5) is 21.7. The van der Waals surface area contributed by atoms with Crippen molar-refractivity contribution in [1.29, 1.82) is 0 Å². The maximum Gasteiger partial charge on any atom is 0.337 e. The van der Waals surface area contributed by atoms with Crippen LogP contribution in [0.1, 0.15) is 6.42 Å². The number of carbonyl (C=O) groups is 2. The molecule has 0 amide bonds. The van der Waals surface area contributed by atoms with Crippen LogP contribution in [0.25, 0.3) is 0 Å². The van der Waals surface area contributed by atoms with Gasteiger partial charge >= 0.3 is 11.9 Å². The first kappa shape index (κ1) is 16.8. The van der Waals surface area contributed by atoms with E-state index < -0.39 is 61.8 Å². The summed E-state index contributed by atoms with van der Waals surface area (Å²) in [6.07, 6.45) is -11.1. The molecule has 10 heteroatoms. The molecule has 6 N–H and O–H groups in total. The number of carbonyl (C=O) groups excluding carboxylic acids is 1. The third-order valence-corrected chi connectivity index (χ3v) is 2.72. The number of aliphatic hydroxyl groups is 5. The van der Waals surface area contributed by atoms with Crippen LogP contribution < -0.4 is 0 Å². The Morgan fingerprint density at radius 1 is 1.15 bits per heavy atom. The summed E-state index contributed by atoms with van der Waals surface area (Å²) in [5.41, 5.74) is 0. The Hall–Kier alpha value is -1.30. The Bertz CT molecular complexity index is 356. The van der Waals surface area contributed by atoms with Gasteiger partial charge in [-0.2, -0.15) is 0 Å². The lowest BCUT2D eigenvalue weighted by Crippen LogP contribution is -2.59. The number of rotatable bonds is 5. The third-order valence-electron chi connectivity index (χ3n) is 2.72. The minimum atomic E-state index is -1.97. The fourth-order valence-corrected chi connectivity index (χ4v) is 1.61. The molecular weight excluding hydrogens is 280 g/mol.